The summed E-state index contributed by atoms with van der Waals surface area (Å²) in [6.45, 7) is 6.26. The van der Waals surface area contributed by atoms with Gasteiger partial charge in [-0.3, -0.25) is 4.79 Å². The Labute approximate surface area is 138 Å². The second kappa shape index (κ2) is 7.97. The van der Waals surface area contributed by atoms with Crippen molar-refractivity contribution in [2.45, 2.75) is 20.4 Å². The molecule has 0 aliphatic heterocycles. The molecule has 0 spiro atoms. The Morgan fingerprint density at radius 3 is 2.57 bits per heavy atom. The quantitative estimate of drug-likeness (QED) is 0.816. The minimum absolute atomic E-state index is 0.113. The summed E-state index contributed by atoms with van der Waals surface area (Å²) < 4.78 is 5.25. The predicted molar refractivity (Wildman–Crippen MR) is 93.8 cm³/mol. The zero-order valence-corrected chi connectivity index (χ0v) is 14.5. The number of carbonyl (C=O) groups excluding carboxylic acids is 1. The number of nitrogens with one attached hydrogen (secondary N) is 2. The summed E-state index contributed by atoms with van der Waals surface area (Å²) in [5.74, 6) is 1.47. The summed E-state index contributed by atoms with van der Waals surface area (Å²) in [5, 5.41) is 5.33. The predicted octanol–water partition coefficient (Wildman–Crippen LogP) is 1.64. The van der Waals surface area contributed by atoms with Crippen LogP contribution in [0.15, 0.2) is 36.4 Å². The van der Waals surface area contributed by atoms with E-state index in [0.717, 1.165) is 18.8 Å². The lowest BCUT2D eigenvalue weighted by Crippen LogP contribution is -3.08. The second-order valence-electron chi connectivity index (χ2n) is 6.56. The highest BCUT2D eigenvalue weighted by molar-refractivity contribution is 5.84. The number of likely N-dealkylation sites (N-methyl/N-ethyl adjacent to an activating group) is 1. The average Bonchev–Trinajstić information content (AvgIpc) is 2.52. The molecule has 2 aromatic rings. The molecule has 0 saturated carbocycles. The van der Waals surface area contributed by atoms with Gasteiger partial charge in [-0.15, -0.1) is 0 Å². The summed E-state index contributed by atoms with van der Waals surface area (Å²) in [6.07, 6.45) is 0. The highest BCUT2D eigenvalue weighted by Gasteiger charge is 2.11. The van der Waals surface area contributed by atoms with Crippen molar-refractivity contribution < 1.29 is 14.4 Å². The Morgan fingerprint density at radius 2 is 1.87 bits per heavy atom. The monoisotopic (exact) mass is 315 g/mol. The first kappa shape index (κ1) is 17.3. The topological polar surface area (TPSA) is 42.8 Å². The largest absolute Gasteiger partial charge is 0.497 e. The number of carbonyl (C=O) groups is 1. The first-order valence-corrected chi connectivity index (χ1v) is 8.12. The highest BCUT2D eigenvalue weighted by atomic mass is 16.5. The summed E-state index contributed by atoms with van der Waals surface area (Å²) in [5.41, 5.74) is 1.23. The van der Waals surface area contributed by atoms with Crippen LogP contribution in [0.3, 0.4) is 0 Å². The van der Waals surface area contributed by atoms with Gasteiger partial charge in [0.2, 0.25) is 0 Å². The van der Waals surface area contributed by atoms with Gasteiger partial charge in [0.25, 0.3) is 5.91 Å². The van der Waals surface area contributed by atoms with Gasteiger partial charge in [0.15, 0.2) is 6.54 Å². The summed E-state index contributed by atoms with van der Waals surface area (Å²) >= 11 is 0. The fourth-order valence-electron chi connectivity index (χ4n) is 2.58. The smallest absolute Gasteiger partial charge is 0.275 e. The van der Waals surface area contributed by atoms with E-state index >= 15 is 0 Å². The molecule has 1 unspecified atom stereocenters. The maximum atomic E-state index is 11.9. The van der Waals surface area contributed by atoms with Crippen molar-refractivity contribution in [1.82, 2.24) is 5.32 Å². The van der Waals surface area contributed by atoms with Crippen LogP contribution in [0.4, 0.5) is 0 Å². The van der Waals surface area contributed by atoms with E-state index in [4.69, 9.17) is 4.74 Å². The minimum atomic E-state index is 0.113. The lowest BCUT2D eigenvalue weighted by molar-refractivity contribution is -0.885. The summed E-state index contributed by atoms with van der Waals surface area (Å²) in [7, 11) is 3.73. The number of quaternary nitrogens is 1. The lowest BCUT2D eigenvalue weighted by Gasteiger charge is -2.15. The van der Waals surface area contributed by atoms with Gasteiger partial charge in [0.1, 0.15) is 12.3 Å². The number of methoxy groups -OCH3 is 1. The van der Waals surface area contributed by atoms with Crippen LogP contribution in [0.2, 0.25) is 0 Å². The zero-order chi connectivity index (χ0) is 16.8. The Kier molecular flexibility index (Phi) is 5.99. The molecule has 0 bridgehead atoms. The first-order valence-electron chi connectivity index (χ1n) is 8.12. The van der Waals surface area contributed by atoms with Crippen molar-refractivity contribution in [2.24, 2.45) is 5.92 Å². The molecule has 2 aromatic carbocycles. The average molecular weight is 315 g/mol. The fourth-order valence-corrected chi connectivity index (χ4v) is 2.58. The molecule has 0 fully saturated rings. The number of hydrogen-bond donors (Lipinski definition) is 2. The number of ether oxygens (including phenoxy) is 1. The summed E-state index contributed by atoms with van der Waals surface area (Å²) in [6, 6.07) is 12.5. The van der Waals surface area contributed by atoms with E-state index in [-0.39, 0.29) is 5.91 Å². The molecule has 0 aromatic heterocycles. The van der Waals surface area contributed by atoms with Crippen LogP contribution in [0.25, 0.3) is 10.8 Å². The van der Waals surface area contributed by atoms with Gasteiger partial charge in [-0.25, -0.2) is 0 Å². The van der Waals surface area contributed by atoms with Gasteiger partial charge in [-0.05, 0) is 34.9 Å². The molecule has 4 heteroatoms. The van der Waals surface area contributed by atoms with Crippen LogP contribution in [0.1, 0.15) is 19.4 Å². The summed E-state index contributed by atoms with van der Waals surface area (Å²) in [4.78, 5) is 13.1. The van der Waals surface area contributed by atoms with E-state index in [1.165, 1.54) is 21.2 Å². The Balaban J connectivity index is 1.96. The van der Waals surface area contributed by atoms with E-state index in [0.29, 0.717) is 12.5 Å². The van der Waals surface area contributed by atoms with Gasteiger partial charge in [-0.2, -0.15) is 0 Å². The van der Waals surface area contributed by atoms with Gasteiger partial charge in [0, 0.05) is 12.1 Å². The molecular weight excluding hydrogens is 288 g/mol. The number of benzene rings is 2. The molecule has 0 aliphatic rings. The SMILES string of the molecule is COc1ccc2cc(C[NH+](C)CC(=O)NCC(C)C)ccc2c1. The van der Waals surface area contributed by atoms with E-state index < -0.39 is 0 Å². The maximum absolute atomic E-state index is 11.9. The number of fused-ring (bicyclic) bond motifs is 1. The van der Waals surface area contributed by atoms with Crippen LogP contribution < -0.4 is 15.0 Å². The third-order valence-electron chi connectivity index (χ3n) is 3.79. The number of amides is 1. The van der Waals surface area contributed by atoms with Crippen LogP contribution in [0.5, 0.6) is 5.75 Å². The van der Waals surface area contributed by atoms with E-state index in [2.05, 4.69) is 43.4 Å². The number of hydrogen-bond acceptors (Lipinski definition) is 2. The third-order valence-corrected chi connectivity index (χ3v) is 3.79. The van der Waals surface area contributed by atoms with Crippen LogP contribution >= 0.6 is 0 Å². The molecule has 0 saturated heterocycles. The van der Waals surface area contributed by atoms with Gasteiger partial charge >= 0.3 is 0 Å². The van der Waals surface area contributed by atoms with Crippen LogP contribution in [-0.4, -0.2) is 33.2 Å². The zero-order valence-electron chi connectivity index (χ0n) is 14.5. The fraction of sp³-hybridized carbons (Fsp3) is 0.421. The van der Waals surface area contributed by atoms with Crippen molar-refractivity contribution >= 4 is 16.7 Å². The van der Waals surface area contributed by atoms with Crippen molar-refractivity contribution in [3.63, 3.8) is 0 Å². The lowest BCUT2D eigenvalue weighted by atomic mass is 10.1. The molecule has 2 rings (SSSR count). The van der Waals surface area contributed by atoms with E-state index in [9.17, 15) is 4.79 Å². The van der Waals surface area contributed by atoms with Crippen molar-refractivity contribution in [3.8, 4) is 5.75 Å². The Bertz CT molecular complexity index is 667. The Hall–Kier alpha value is -2.07. The van der Waals surface area contributed by atoms with Crippen molar-refractivity contribution in [1.29, 1.82) is 0 Å². The third kappa shape index (κ3) is 5.25. The molecule has 1 amide bonds. The standard InChI is InChI=1S/C19H26N2O2/c1-14(2)11-20-19(22)13-21(3)12-15-5-6-17-10-18(23-4)8-7-16(17)9-15/h5-10,14H,11-13H2,1-4H3,(H,20,22)/p+1. The van der Waals surface area contributed by atoms with E-state index in [1.807, 2.05) is 19.2 Å². The van der Waals surface area contributed by atoms with Gasteiger partial charge in [-0.1, -0.05) is 32.0 Å². The normalized spacial score (nSPS) is 12.4. The van der Waals surface area contributed by atoms with Crippen molar-refractivity contribution in [2.75, 3.05) is 27.2 Å². The van der Waals surface area contributed by atoms with Gasteiger partial charge < -0.3 is 15.0 Å². The van der Waals surface area contributed by atoms with Crippen LogP contribution in [0, 0.1) is 5.92 Å². The van der Waals surface area contributed by atoms with Gasteiger partial charge in [0.05, 0.1) is 14.2 Å². The molecule has 0 radical (unpaired) electrons. The first-order chi connectivity index (χ1) is 11.0. The molecule has 1 atom stereocenters. The molecule has 0 heterocycles. The molecule has 23 heavy (non-hydrogen) atoms. The Morgan fingerprint density at radius 1 is 1.17 bits per heavy atom. The molecule has 124 valence electrons. The maximum Gasteiger partial charge on any atom is 0.275 e. The minimum Gasteiger partial charge on any atom is -0.497 e. The highest BCUT2D eigenvalue weighted by Crippen LogP contribution is 2.21. The molecular formula is C19H27N2O2+. The second-order valence-corrected chi connectivity index (χ2v) is 6.56. The van der Waals surface area contributed by atoms with Crippen LogP contribution in [-0.2, 0) is 11.3 Å². The molecule has 2 N–H and O–H groups in total. The molecule has 4 nitrogen and oxygen atoms in total. The number of rotatable bonds is 7. The van der Waals surface area contributed by atoms with Crippen molar-refractivity contribution in [3.05, 3.63) is 42.0 Å². The molecule has 0 aliphatic carbocycles. The van der Waals surface area contributed by atoms with E-state index in [1.54, 1.807) is 7.11 Å².